The highest BCUT2D eigenvalue weighted by molar-refractivity contribution is 6.15. The standard InChI is InChI=1S/C21H25N3O5/c1-3-13(2)22-17(25)12-29-20(28)21-11-10-18(26)24(21)16-7-5-4-6-15(16)19(27)23(21)14-8-9-14/h4-7,13-14H,3,8-12H2,1-2H3,(H,22,25)/t13-,21-/m0/s1. The number of anilines is 1. The van der Waals surface area contributed by atoms with Gasteiger partial charge in [0, 0.05) is 24.9 Å². The quantitative estimate of drug-likeness (QED) is 0.733. The van der Waals surface area contributed by atoms with Crippen LogP contribution in [0.25, 0.3) is 0 Å². The first-order valence-electron chi connectivity index (χ1n) is 10.1. The van der Waals surface area contributed by atoms with Crippen LogP contribution >= 0.6 is 0 Å². The van der Waals surface area contributed by atoms with Gasteiger partial charge in [0.15, 0.2) is 6.61 Å². The Labute approximate surface area is 169 Å². The fraction of sp³-hybridized carbons (Fsp3) is 0.524. The number of rotatable bonds is 6. The fourth-order valence-electron chi connectivity index (χ4n) is 4.18. The maximum absolute atomic E-state index is 13.3. The third kappa shape index (κ3) is 3.07. The summed E-state index contributed by atoms with van der Waals surface area (Å²) >= 11 is 0. The van der Waals surface area contributed by atoms with Gasteiger partial charge in [-0.15, -0.1) is 0 Å². The average Bonchev–Trinajstić information content (AvgIpc) is 3.48. The molecular weight excluding hydrogens is 374 g/mol. The molecule has 29 heavy (non-hydrogen) atoms. The number of fused-ring (bicyclic) bond motifs is 3. The highest BCUT2D eigenvalue weighted by Gasteiger charge is 2.64. The lowest BCUT2D eigenvalue weighted by Crippen LogP contribution is -2.69. The van der Waals surface area contributed by atoms with Crippen molar-refractivity contribution in [2.75, 3.05) is 11.5 Å². The molecule has 154 valence electrons. The third-order valence-corrected chi connectivity index (χ3v) is 5.89. The molecule has 2 atom stereocenters. The summed E-state index contributed by atoms with van der Waals surface area (Å²) in [7, 11) is 0. The van der Waals surface area contributed by atoms with Crippen LogP contribution in [0.1, 0.15) is 56.3 Å². The number of esters is 1. The Morgan fingerprint density at radius 3 is 2.69 bits per heavy atom. The maximum Gasteiger partial charge on any atom is 0.354 e. The number of para-hydroxylation sites is 1. The summed E-state index contributed by atoms with van der Waals surface area (Å²) in [4.78, 5) is 54.4. The van der Waals surface area contributed by atoms with E-state index in [-0.39, 0.29) is 36.7 Å². The first kappa shape index (κ1) is 19.4. The van der Waals surface area contributed by atoms with Crippen LogP contribution in [0.5, 0.6) is 0 Å². The molecule has 3 amide bonds. The number of amides is 3. The molecule has 2 aliphatic heterocycles. The Hall–Kier alpha value is -2.90. The first-order valence-corrected chi connectivity index (χ1v) is 10.1. The molecule has 1 N–H and O–H groups in total. The van der Waals surface area contributed by atoms with Gasteiger partial charge in [0.2, 0.25) is 11.6 Å². The summed E-state index contributed by atoms with van der Waals surface area (Å²) < 4.78 is 5.37. The minimum atomic E-state index is -1.51. The van der Waals surface area contributed by atoms with Crippen molar-refractivity contribution in [2.24, 2.45) is 0 Å². The van der Waals surface area contributed by atoms with Gasteiger partial charge in [0.25, 0.3) is 11.8 Å². The summed E-state index contributed by atoms with van der Waals surface area (Å²) in [6.45, 7) is 3.36. The third-order valence-electron chi connectivity index (χ3n) is 5.89. The van der Waals surface area contributed by atoms with Crippen LogP contribution < -0.4 is 10.2 Å². The molecule has 0 bridgehead atoms. The zero-order valence-corrected chi connectivity index (χ0v) is 16.6. The summed E-state index contributed by atoms with van der Waals surface area (Å²) in [5.74, 6) is -1.62. The molecule has 1 aromatic rings. The molecule has 1 aromatic carbocycles. The number of hydrogen-bond acceptors (Lipinski definition) is 5. The van der Waals surface area contributed by atoms with E-state index in [0.717, 1.165) is 19.3 Å². The van der Waals surface area contributed by atoms with Crippen LogP contribution in [-0.2, 0) is 19.1 Å². The van der Waals surface area contributed by atoms with Gasteiger partial charge in [-0.1, -0.05) is 19.1 Å². The van der Waals surface area contributed by atoms with E-state index >= 15 is 0 Å². The molecule has 0 radical (unpaired) electrons. The number of nitrogens with one attached hydrogen (secondary N) is 1. The fourth-order valence-corrected chi connectivity index (χ4v) is 4.18. The number of benzene rings is 1. The predicted molar refractivity (Wildman–Crippen MR) is 104 cm³/mol. The second kappa shape index (κ2) is 7.17. The minimum absolute atomic E-state index is 0.0324. The smallest absolute Gasteiger partial charge is 0.354 e. The molecule has 2 fully saturated rings. The molecule has 0 unspecified atom stereocenters. The van der Waals surface area contributed by atoms with Gasteiger partial charge in [-0.2, -0.15) is 0 Å². The lowest BCUT2D eigenvalue weighted by atomic mass is 9.96. The maximum atomic E-state index is 13.3. The normalized spacial score (nSPS) is 24.1. The van der Waals surface area contributed by atoms with Crippen LogP contribution in [0.4, 0.5) is 5.69 Å². The van der Waals surface area contributed by atoms with Gasteiger partial charge >= 0.3 is 5.97 Å². The average molecular weight is 399 g/mol. The topological polar surface area (TPSA) is 96.0 Å². The highest BCUT2D eigenvalue weighted by atomic mass is 16.5. The Balaban J connectivity index is 1.67. The second-order valence-electron chi connectivity index (χ2n) is 7.92. The van der Waals surface area contributed by atoms with Crippen LogP contribution in [-0.4, -0.2) is 52.9 Å². The first-order chi connectivity index (χ1) is 13.9. The van der Waals surface area contributed by atoms with E-state index in [0.29, 0.717) is 11.3 Å². The van der Waals surface area contributed by atoms with Crippen molar-refractivity contribution in [2.45, 2.75) is 63.7 Å². The summed E-state index contributed by atoms with van der Waals surface area (Å²) in [5, 5.41) is 2.75. The predicted octanol–water partition coefficient (Wildman–Crippen LogP) is 1.59. The lowest BCUT2D eigenvalue weighted by molar-refractivity contribution is -0.160. The monoisotopic (exact) mass is 399 g/mol. The summed E-state index contributed by atoms with van der Waals surface area (Å²) in [6, 6.07) is 6.69. The zero-order chi connectivity index (χ0) is 20.8. The van der Waals surface area contributed by atoms with Crippen molar-refractivity contribution in [1.82, 2.24) is 10.2 Å². The van der Waals surface area contributed by atoms with E-state index in [9.17, 15) is 19.2 Å². The Morgan fingerprint density at radius 1 is 1.28 bits per heavy atom. The number of hydrogen-bond donors (Lipinski definition) is 1. The van der Waals surface area contributed by atoms with E-state index in [1.165, 1.54) is 9.80 Å². The van der Waals surface area contributed by atoms with Gasteiger partial charge in [-0.05, 0) is 38.3 Å². The lowest BCUT2D eigenvalue weighted by Gasteiger charge is -2.48. The highest BCUT2D eigenvalue weighted by Crippen LogP contribution is 2.49. The Kier molecular flexibility index (Phi) is 4.80. The van der Waals surface area contributed by atoms with Gasteiger partial charge < -0.3 is 15.0 Å². The molecule has 8 heteroatoms. The summed E-state index contributed by atoms with van der Waals surface area (Å²) in [6.07, 6.45) is 2.61. The molecule has 4 rings (SSSR count). The molecule has 1 aliphatic carbocycles. The molecular formula is C21H25N3O5. The van der Waals surface area contributed by atoms with Crippen LogP contribution in [0.15, 0.2) is 24.3 Å². The van der Waals surface area contributed by atoms with Crippen LogP contribution in [0.2, 0.25) is 0 Å². The molecule has 0 aromatic heterocycles. The molecule has 8 nitrogen and oxygen atoms in total. The van der Waals surface area contributed by atoms with E-state index < -0.39 is 24.1 Å². The van der Waals surface area contributed by atoms with E-state index in [1.54, 1.807) is 24.3 Å². The second-order valence-corrected chi connectivity index (χ2v) is 7.92. The van der Waals surface area contributed by atoms with Crippen molar-refractivity contribution in [3.8, 4) is 0 Å². The molecule has 1 saturated carbocycles. The van der Waals surface area contributed by atoms with Crippen molar-refractivity contribution >= 4 is 29.4 Å². The largest absolute Gasteiger partial charge is 0.452 e. The van der Waals surface area contributed by atoms with E-state index in [2.05, 4.69) is 5.32 Å². The Bertz CT molecular complexity index is 881. The number of ether oxygens (including phenoxy) is 1. The number of carbonyl (C=O) groups is 4. The van der Waals surface area contributed by atoms with Crippen molar-refractivity contribution in [3.63, 3.8) is 0 Å². The molecule has 3 aliphatic rings. The van der Waals surface area contributed by atoms with Crippen molar-refractivity contribution in [3.05, 3.63) is 29.8 Å². The van der Waals surface area contributed by atoms with Gasteiger partial charge in [-0.25, -0.2) is 4.79 Å². The van der Waals surface area contributed by atoms with Gasteiger partial charge in [0.05, 0.1) is 11.3 Å². The summed E-state index contributed by atoms with van der Waals surface area (Å²) in [5.41, 5.74) is -0.675. The van der Waals surface area contributed by atoms with Gasteiger partial charge in [0.1, 0.15) is 0 Å². The van der Waals surface area contributed by atoms with E-state index in [4.69, 9.17) is 4.74 Å². The van der Waals surface area contributed by atoms with Gasteiger partial charge in [-0.3, -0.25) is 19.3 Å². The number of carbonyl (C=O) groups excluding carboxylic acids is 4. The van der Waals surface area contributed by atoms with Crippen molar-refractivity contribution < 1.29 is 23.9 Å². The molecule has 2 heterocycles. The van der Waals surface area contributed by atoms with Crippen LogP contribution in [0, 0.1) is 0 Å². The molecule has 0 spiro atoms. The zero-order valence-electron chi connectivity index (χ0n) is 16.6. The Morgan fingerprint density at radius 2 is 2.00 bits per heavy atom. The van der Waals surface area contributed by atoms with Crippen molar-refractivity contribution in [1.29, 1.82) is 0 Å². The minimum Gasteiger partial charge on any atom is -0.452 e. The molecule has 1 saturated heterocycles. The SMILES string of the molecule is CC[C@H](C)NC(=O)COC(=O)[C@]12CCC(=O)N1c1ccccc1C(=O)N2C1CC1. The number of nitrogens with zero attached hydrogens (tertiary/aromatic N) is 2. The van der Waals surface area contributed by atoms with E-state index in [1.807, 2.05) is 13.8 Å². The van der Waals surface area contributed by atoms with Crippen LogP contribution in [0.3, 0.4) is 0 Å².